The highest BCUT2D eigenvalue weighted by Gasteiger charge is 2.26. The van der Waals surface area contributed by atoms with E-state index in [1.807, 2.05) is 6.07 Å². The number of aromatic amines is 1. The van der Waals surface area contributed by atoms with Gasteiger partial charge >= 0.3 is 0 Å². The van der Waals surface area contributed by atoms with E-state index in [1.54, 1.807) is 9.80 Å². The lowest BCUT2D eigenvalue weighted by Gasteiger charge is -2.29. The molecule has 0 unspecified atom stereocenters. The summed E-state index contributed by atoms with van der Waals surface area (Å²) >= 11 is 0. The monoisotopic (exact) mass is 338 g/mol. The second kappa shape index (κ2) is 6.62. The summed E-state index contributed by atoms with van der Waals surface area (Å²) in [6, 6.07) is 12.5. The van der Waals surface area contributed by atoms with Crippen molar-refractivity contribution in [3.05, 3.63) is 47.7 Å². The Morgan fingerprint density at radius 2 is 1.68 bits per heavy atom. The Kier molecular flexibility index (Phi) is 4.32. The summed E-state index contributed by atoms with van der Waals surface area (Å²) in [6.45, 7) is 11.3. The van der Waals surface area contributed by atoms with E-state index >= 15 is 0 Å². The Morgan fingerprint density at radius 3 is 2.44 bits per heavy atom. The zero-order chi connectivity index (χ0) is 17.4. The first-order valence-corrected chi connectivity index (χ1v) is 9.39. The van der Waals surface area contributed by atoms with Gasteiger partial charge < -0.3 is 14.9 Å². The first-order valence-electron chi connectivity index (χ1n) is 9.39. The van der Waals surface area contributed by atoms with Crippen LogP contribution in [-0.2, 0) is 6.54 Å². The van der Waals surface area contributed by atoms with Crippen molar-refractivity contribution in [2.24, 2.45) is 0 Å². The van der Waals surface area contributed by atoms with E-state index in [2.05, 4.69) is 49.2 Å². The number of pyridine rings is 1. The maximum absolute atomic E-state index is 11.0. The van der Waals surface area contributed by atoms with Gasteiger partial charge in [-0.1, -0.05) is 24.3 Å². The molecule has 0 radical (unpaired) electrons. The van der Waals surface area contributed by atoms with E-state index < -0.39 is 0 Å². The summed E-state index contributed by atoms with van der Waals surface area (Å²) in [7, 11) is 0. The van der Waals surface area contributed by atoms with Gasteiger partial charge in [-0.3, -0.25) is 0 Å². The maximum Gasteiger partial charge on any atom is 0.222 e. The maximum atomic E-state index is 11.0. The lowest BCUT2D eigenvalue weighted by atomic mass is 10.0. The van der Waals surface area contributed by atoms with Crippen LogP contribution in [0.2, 0.25) is 0 Å². The van der Waals surface area contributed by atoms with Crippen molar-refractivity contribution in [3.63, 3.8) is 0 Å². The molecule has 0 aliphatic carbocycles. The molecule has 3 aromatic rings. The summed E-state index contributed by atoms with van der Waals surface area (Å²) in [5.41, 5.74) is 3.18. The number of aromatic nitrogens is 1. The summed E-state index contributed by atoms with van der Waals surface area (Å²) in [5.74, 6) is 0.453. The molecule has 0 bridgehead atoms. The predicted octanol–water partition coefficient (Wildman–Crippen LogP) is 0.124. The fraction of sp³-hybridized carbons (Fsp3) is 0.381. The lowest BCUT2D eigenvalue weighted by molar-refractivity contribution is -1.02. The van der Waals surface area contributed by atoms with Crippen LogP contribution in [0.4, 0.5) is 0 Å². The summed E-state index contributed by atoms with van der Waals surface area (Å²) in [4.78, 5) is 6.84. The summed E-state index contributed by atoms with van der Waals surface area (Å²) < 4.78 is 0. The molecule has 4 N–H and O–H groups in total. The molecule has 0 spiro atoms. The van der Waals surface area contributed by atoms with Gasteiger partial charge in [0.1, 0.15) is 44.0 Å². The number of piperazine rings is 1. The number of rotatable bonds is 3. The van der Waals surface area contributed by atoms with Crippen molar-refractivity contribution in [2.75, 3.05) is 32.7 Å². The molecule has 1 aromatic heterocycles. The van der Waals surface area contributed by atoms with Crippen molar-refractivity contribution in [1.82, 2.24) is 0 Å². The highest BCUT2D eigenvalue weighted by atomic mass is 16.3. The van der Waals surface area contributed by atoms with Crippen LogP contribution >= 0.6 is 0 Å². The zero-order valence-electron chi connectivity index (χ0n) is 15.2. The number of hydrogen-bond donors (Lipinski definition) is 3. The van der Waals surface area contributed by atoms with Crippen molar-refractivity contribution in [2.45, 2.75) is 20.4 Å². The van der Waals surface area contributed by atoms with Gasteiger partial charge in [0, 0.05) is 6.92 Å². The smallest absolute Gasteiger partial charge is 0.222 e. The fourth-order valence-corrected chi connectivity index (χ4v) is 4.16. The molecule has 4 nitrogen and oxygen atoms in total. The third kappa shape index (κ3) is 2.96. The van der Waals surface area contributed by atoms with Crippen LogP contribution in [-0.4, -0.2) is 37.8 Å². The molecule has 25 heavy (non-hydrogen) atoms. The number of fused-ring (bicyclic) bond motifs is 3. The number of aromatic hydroxyl groups is 1. The second-order valence-corrected chi connectivity index (χ2v) is 7.32. The van der Waals surface area contributed by atoms with Gasteiger partial charge in [-0.15, -0.1) is 0 Å². The van der Waals surface area contributed by atoms with E-state index in [0.717, 1.165) is 34.1 Å². The van der Waals surface area contributed by atoms with Gasteiger partial charge in [-0.25, -0.2) is 4.98 Å². The number of nitrogens with one attached hydrogen (secondary N) is 3. The van der Waals surface area contributed by atoms with Gasteiger partial charge in [0.05, 0.1) is 17.3 Å². The van der Waals surface area contributed by atoms with E-state index in [1.165, 1.54) is 38.1 Å². The molecule has 130 valence electrons. The number of benzene rings is 2. The van der Waals surface area contributed by atoms with Crippen LogP contribution < -0.4 is 14.8 Å². The van der Waals surface area contributed by atoms with Crippen LogP contribution in [0.3, 0.4) is 0 Å². The number of H-pyrrole nitrogens is 1. The number of likely N-dealkylation sites (N-methyl/N-ethyl adjacent to an activating group) is 1. The van der Waals surface area contributed by atoms with Crippen molar-refractivity contribution < 1.29 is 19.9 Å². The fourth-order valence-electron chi connectivity index (χ4n) is 4.16. The highest BCUT2D eigenvalue weighted by Crippen LogP contribution is 2.31. The lowest BCUT2D eigenvalue weighted by Crippen LogP contribution is -3.27. The minimum absolute atomic E-state index is 0.453. The second-order valence-electron chi connectivity index (χ2n) is 7.32. The van der Waals surface area contributed by atoms with E-state index in [9.17, 15) is 5.11 Å². The summed E-state index contributed by atoms with van der Waals surface area (Å²) in [6.07, 6.45) is 0. The number of aryl methyl sites for hydroxylation is 1. The van der Waals surface area contributed by atoms with E-state index in [4.69, 9.17) is 0 Å². The van der Waals surface area contributed by atoms with Gasteiger partial charge in [0.15, 0.2) is 5.69 Å². The zero-order valence-corrected chi connectivity index (χ0v) is 15.2. The molecule has 2 aromatic carbocycles. The number of hydrogen-bond acceptors (Lipinski definition) is 1. The number of quaternary nitrogens is 2. The van der Waals surface area contributed by atoms with Crippen LogP contribution in [0.25, 0.3) is 21.7 Å². The predicted molar refractivity (Wildman–Crippen MR) is 100 cm³/mol. The average Bonchev–Trinajstić information content (AvgIpc) is 2.65. The highest BCUT2D eigenvalue weighted by molar-refractivity contribution is 6.05. The van der Waals surface area contributed by atoms with E-state index in [-0.39, 0.29) is 0 Å². The van der Waals surface area contributed by atoms with Gasteiger partial charge in [0.25, 0.3) is 0 Å². The molecular weight excluding hydrogens is 310 g/mol. The minimum Gasteiger partial charge on any atom is -0.506 e. The molecule has 0 amide bonds. The van der Waals surface area contributed by atoms with Crippen LogP contribution in [0, 0.1) is 6.92 Å². The third-order valence-corrected chi connectivity index (χ3v) is 5.83. The Hall–Kier alpha value is -2.17. The Bertz CT molecular complexity index is 914. The summed E-state index contributed by atoms with van der Waals surface area (Å²) in [5, 5.41) is 14.3. The molecule has 1 saturated heterocycles. The molecule has 4 heteroatoms. The van der Waals surface area contributed by atoms with Crippen molar-refractivity contribution >= 4 is 21.7 Å². The molecule has 0 saturated carbocycles. The van der Waals surface area contributed by atoms with Gasteiger partial charge in [-0.2, -0.15) is 0 Å². The Labute approximate surface area is 148 Å². The molecular formula is C21H28N3O+3. The van der Waals surface area contributed by atoms with E-state index in [0.29, 0.717) is 5.75 Å². The largest absolute Gasteiger partial charge is 0.506 e. The van der Waals surface area contributed by atoms with Gasteiger partial charge in [-0.05, 0) is 24.4 Å². The quantitative estimate of drug-likeness (QED) is 0.584. The Morgan fingerprint density at radius 1 is 0.960 bits per heavy atom. The van der Waals surface area contributed by atoms with Crippen LogP contribution in [0.1, 0.15) is 18.2 Å². The molecule has 2 heterocycles. The molecule has 1 aliphatic rings. The first kappa shape index (κ1) is 16.3. The normalized spacial score (nSPS) is 21.0. The molecule has 1 aliphatic heterocycles. The third-order valence-electron chi connectivity index (χ3n) is 5.83. The van der Waals surface area contributed by atoms with Crippen LogP contribution in [0.15, 0.2) is 36.4 Å². The Balaban J connectivity index is 1.72. The average molecular weight is 338 g/mol. The standard InChI is InChI=1S/C21H25N3O/c1-3-23-10-12-24(13-11-23)14-19-15(2)22-20-17-7-5-4-6-16(17)8-9-18(20)21(19)25/h4-9H,3,10-14H2,1-2H3,(H,22,25)/p+3. The van der Waals surface area contributed by atoms with Gasteiger partial charge in [0.2, 0.25) is 5.52 Å². The van der Waals surface area contributed by atoms with Crippen LogP contribution in [0.5, 0.6) is 5.75 Å². The minimum atomic E-state index is 0.453. The topological polar surface area (TPSA) is 43.2 Å². The first-order chi connectivity index (χ1) is 12.2. The van der Waals surface area contributed by atoms with Crippen molar-refractivity contribution in [3.8, 4) is 5.75 Å². The van der Waals surface area contributed by atoms with Crippen molar-refractivity contribution in [1.29, 1.82) is 0 Å². The molecule has 1 fully saturated rings. The molecule has 0 atom stereocenters. The SMILES string of the molecule is CC[NH+]1CC[NH+](Cc2c(C)[nH+]c3c(ccc4ccccc43)c2O)CC1. The molecule has 4 rings (SSSR count).